The van der Waals surface area contributed by atoms with Crippen molar-refractivity contribution in [3.05, 3.63) is 23.3 Å². The summed E-state index contributed by atoms with van der Waals surface area (Å²) in [5.74, 6) is 0.185. The SMILES string of the molecule is CNCCC1CS(=O)(=O)c2ccc(C)c(C)c2N1. The van der Waals surface area contributed by atoms with Gasteiger partial charge in [-0.2, -0.15) is 0 Å². The molecule has 100 valence electrons. The summed E-state index contributed by atoms with van der Waals surface area (Å²) in [6, 6.07) is 3.59. The summed E-state index contributed by atoms with van der Waals surface area (Å²) >= 11 is 0. The van der Waals surface area contributed by atoms with Crippen molar-refractivity contribution in [2.75, 3.05) is 24.7 Å². The Morgan fingerprint density at radius 3 is 2.78 bits per heavy atom. The number of anilines is 1. The smallest absolute Gasteiger partial charge is 0.182 e. The van der Waals surface area contributed by atoms with E-state index in [4.69, 9.17) is 0 Å². The van der Waals surface area contributed by atoms with E-state index in [0.29, 0.717) is 4.90 Å². The molecule has 1 atom stereocenters. The van der Waals surface area contributed by atoms with Crippen LogP contribution in [0.25, 0.3) is 0 Å². The first kappa shape index (κ1) is 13.4. The zero-order valence-electron chi connectivity index (χ0n) is 11.1. The van der Waals surface area contributed by atoms with Crippen molar-refractivity contribution in [2.24, 2.45) is 0 Å². The summed E-state index contributed by atoms with van der Waals surface area (Å²) in [7, 11) is -1.28. The van der Waals surface area contributed by atoms with E-state index in [2.05, 4.69) is 10.6 Å². The number of aryl methyl sites for hydroxylation is 1. The largest absolute Gasteiger partial charge is 0.380 e. The molecule has 0 amide bonds. The predicted molar refractivity (Wildman–Crippen MR) is 73.9 cm³/mol. The highest BCUT2D eigenvalue weighted by Crippen LogP contribution is 2.33. The molecule has 0 saturated heterocycles. The van der Waals surface area contributed by atoms with Crippen LogP contribution in [0.1, 0.15) is 17.5 Å². The molecule has 5 heteroatoms. The Kier molecular flexibility index (Phi) is 3.64. The zero-order chi connectivity index (χ0) is 13.3. The Morgan fingerprint density at radius 1 is 1.39 bits per heavy atom. The van der Waals surface area contributed by atoms with Crippen LogP contribution in [0.5, 0.6) is 0 Å². The third-order valence-corrected chi connectivity index (χ3v) is 5.40. The highest BCUT2D eigenvalue weighted by Gasteiger charge is 2.30. The molecule has 1 aromatic carbocycles. The van der Waals surface area contributed by atoms with Gasteiger partial charge in [0.15, 0.2) is 9.84 Å². The van der Waals surface area contributed by atoms with E-state index in [-0.39, 0.29) is 11.8 Å². The maximum Gasteiger partial charge on any atom is 0.182 e. The average molecular weight is 268 g/mol. The third-order valence-electron chi connectivity index (χ3n) is 3.54. The van der Waals surface area contributed by atoms with E-state index in [1.807, 2.05) is 27.0 Å². The average Bonchev–Trinajstić information content (AvgIpc) is 2.31. The molecule has 0 aromatic heterocycles. The highest BCUT2D eigenvalue weighted by atomic mass is 32.2. The van der Waals surface area contributed by atoms with Gasteiger partial charge in [-0.3, -0.25) is 0 Å². The molecule has 1 aliphatic rings. The fraction of sp³-hybridized carbons (Fsp3) is 0.538. The lowest BCUT2D eigenvalue weighted by molar-refractivity contribution is 0.575. The Labute approximate surface area is 109 Å². The molecule has 1 aliphatic heterocycles. The summed E-state index contributed by atoms with van der Waals surface area (Å²) < 4.78 is 24.5. The molecule has 0 aliphatic carbocycles. The second kappa shape index (κ2) is 4.90. The van der Waals surface area contributed by atoms with E-state index in [0.717, 1.165) is 29.8 Å². The van der Waals surface area contributed by atoms with Crippen LogP contribution in [0, 0.1) is 13.8 Å². The molecule has 2 rings (SSSR count). The quantitative estimate of drug-likeness (QED) is 0.872. The molecule has 1 aromatic rings. The van der Waals surface area contributed by atoms with Gasteiger partial charge in [0.05, 0.1) is 16.3 Å². The van der Waals surface area contributed by atoms with Gasteiger partial charge in [0, 0.05) is 6.04 Å². The lowest BCUT2D eigenvalue weighted by atomic mass is 10.1. The van der Waals surface area contributed by atoms with Crippen molar-refractivity contribution in [1.29, 1.82) is 0 Å². The maximum absolute atomic E-state index is 12.2. The molecule has 0 bridgehead atoms. The Hall–Kier alpha value is -1.07. The minimum Gasteiger partial charge on any atom is -0.380 e. The molecule has 0 saturated carbocycles. The summed E-state index contributed by atoms with van der Waals surface area (Å²) in [4.78, 5) is 0.450. The van der Waals surface area contributed by atoms with E-state index in [1.165, 1.54) is 0 Å². The predicted octanol–water partition coefficient (Wildman–Crippen LogP) is 1.48. The Morgan fingerprint density at radius 2 is 2.11 bits per heavy atom. The van der Waals surface area contributed by atoms with Crippen molar-refractivity contribution < 1.29 is 8.42 Å². The molecular formula is C13H20N2O2S. The number of fused-ring (bicyclic) bond motifs is 1. The van der Waals surface area contributed by atoms with Crippen LogP contribution in [0.15, 0.2) is 17.0 Å². The van der Waals surface area contributed by atoms with Crippen LogP contribution in [0.3, 0.4) is 0 Å². The Balaban J connectivity index is 2.41. The van der Waals surface area contributed by atoms with Crippen LogP contribution in [-0.4, -0.2) is 33.8 Å². The molecular weight excluding hydrogens is 248 g/mol. The van der Waals surface area contributed by atoms with Crippen LogP contribution in [0.4, 0.5) is 5.69 Å². The van der Waals surface area contributed by atoms with Crippen molar-refractivity contribution >= 4 is 15.5 Å². The molecule has 4 nitrogen and oxygen atoms in total. The fourth-order valence-corrected chi connectivity index (χ4v) is 4.06. The van der Waals surface area contributed by atoms with Gasteiger partial charge in [0.2, 0.25) is 0 Å². The van der Waals surface area contributed by atoms with Crippen LogP contribution in [0.2, 0.25) is 0 Å². The lowest BCUT2D eigenvalue weighted by Gasteiger charge is -2.29. The van der Waals surface area contributed by atoms with E-state index in [1.54, 1.807) is 6.07 Å². The van der Waals surface area contributed by atoms with Crippen molar-refractivity contribution in [1.82, 2.24) is 5.32 Å². The number of rotatable bonds is 3. The number of hydrogen-bond donors (Lipinski definition) is 2. The second-order valence-electron chi connectivity index (χ2n) is 4.90. The first-order valence-electron chi connectivity index (χ1n) is 6.20. The first-order chi connectivity index (χ1) is 8.45. The van der Waals surface area contributed by atoms with Gasteiger partial charge in [-0.15, -0.1) is 0 Å². The molecule has 0 spiro atoms. The molecule has 2 N–H and O–H groups in total. The van der Waals surface area contributed by atoms with Gasteiger partial charge < -0.3 is 10.6 Å². The van der Waals surface area contributed by atoms with Crippen LogP contribution < -0.4 is 10.6 Å². The number of nitrogens with one attached hydrogen (secondary N) is 2. The van der Waals surface area contributed by atoms with E-state index < -0.39 is 9.84 Å². The molecule has 0 radical (unpaired) electrons. The van der Waals surface area contributed by atoms with E-state index in [9.17, 15) is 8.42 Å². The summed E-state index contributed by atoms with van der Waals surface area (Å²) in [6.07, 6.45) is 0.808. The zero-order valence-corrected chi connectivity index (χ0v) is 11.9. The van der Waals surface area contributed by atoms with Crippen molar-refractivity contribution in [3.63, 3.8) is 0 Å². The maximum atomic E-state index is 12.2. The van der Waals surface area contributed by atoms with E-state index >= 15 is 0 Å². The van der Waals surface area contributed by atoms with Crippen LogP contribution in [-0.2, 0) is 9.84 Å². The second-order valence-corrected chi connectivity index (χ2v) is 6.90. The first-order valence-corrected chi connectivity index (χ1v) is 7.85. The fourth-order valence-electron chi connectivity index (χ4n) is 2.30. The summed E-state index contributed by atoms with van der Waals surface area (Å²) in [5.41, 5.74) is 2.94. The molecule has 18 heavy (non-hydrogen) atoms. The van der Waals surface area contributed by atoms with Gasteiger partial charge >= 0.3 is 0 Å². The normalized spacial score (nSPS) is 21.2. The number of benzene rings is 1. The monoisotopic (exact) mass is 268 g/mol. The molecule has 0 fully saturated rings. The van der Waals surface area contributed by atoms with Crippen molar-refractivity contribution in [3.8, 4) is 0 Å². The van der Waals surface area contributed by atoms with Gasteiger partial charge in [-0.1, -0.05) is 6.07 Å². The summed E-state index contributed by atoms with van der Waals surface area (Å²) in [6.45, 7) is 4.78. The van der Waals surface area contributed by atoms with Crippen molar-refractivity contribution in [2.45, 2.75) is 31.2 Å². The van der Waals surface area contributed by atoms with Gasteiger partial charge in [-0.05, 0) is 51.1 Å². The molecule has 1 unspecified atom stereocenters. The number of hydrogen-bond acceptors (Lipinski definition) is 4. The minimum absolute atomic E-state index is 0.00421. The number of sulfone groups is 1. The topological polar surface area (TPSA) is 58.2 Å². The minimum atomic E-state index is -3.15. The highest BCUT2D eigenvalue weighted by molar-refractivity contribution is 7.91. The third kappa shape index (κ3) is 2.37. The van der Waals surface area contributed by atoms with Gasteiger partial charge in [0.25, 0.3) is 0 Å². The molecule has 1 heterocycles. The lowest BCUT2D eigenvalue weighted by Crippen LogP contribution is -2.36. The van der Waals surface area contributed by atoms with Gasteiger partial charge in [0.1, 0.15) is 0 Å². The standard InChI is InChI=1S/C13H20N2O2S/c1-9-4-5-12-13(10(9)2)15-11(6-7-14-3)8-18(12,16)17/h4-5,11,14-15H,6-8H2,1-3H3. The Bertz CT molecular complexity index is 552. The summed E-state index contributed by atoms with van der Waals surface area (Å²) in [5, 5.41) is 6.43. The van der Waals surface area contributed by atoms with Gasteiger partial charge in [-0.25, -0.2) is 8.42 Å². The van der Waals surface area contributed by atoms with Crippen LogP contribution >= 0.6 is 0 Å².